The molecule has 0 N–H and O–H groups in total. The Bertz CT molecular complexity index is 1460. The largest absolute Gasteiger partial charge is 0.489 e. The number of hydrogen-bond acceptors (Lipinski definition) is 6. The van der Waals surface area contributed by atoms with E-state index in [1.807, 2.05) is 71.6 Å². The van der Waals surface area contributed by atoms with E-state index in [-0.39, 0.29) is 5.91 Å². The molecule has 0 radical (unpaired) electrons. The third-order valence-corrected chi connectivity index (χ3v) is 7.47. The summed E-state index contributed by atoms with van der Waals surface area (Å²) in [6.45, 7) is 3.42. The first-order valence-corrected chi connectivity index (χ1v) is 13.4. The van der Waals surface area contributed by atoms with E-state index in [2.05, 4.69) is 31.2 Å². The second-order valence-electron chi connectivity index (χ2n) is 8.84. The Kier molecular flexibility index (Phi) is 8.03. The number of amides is 1. The molecule has 5 rings (SSSR count). The maximum Gasteiger partial charge on any atom is 0.266 e. The van der Waals surface area contributed by atoms with Gasteiger partial charge >= 0.3 is 0 Å². The number of ether oxygens (including phenoxy) is 2. The van der Waals surface area contributed by atoms with E-state index in [1.54, 1.807) is 12.0 Å². The Hall–Kier alpha value is -3.72. The summed E-state index contributed by atoms with van der Waals surface area (Å²) in [7, 11) is 1.61. The lowest BCUT2D eigenvalue weighted by atomic mass is 10.1. The number of nitrogens with zero attached hydrogens (tertiary/aromatic N) is 3. The number of thiocarbonyl (C=S) groups is 1. The monoisotopic (exact) mass is 541 g/mol. The summed E-state index contributed by atoms with van der Waals surface area (Å²) in [4.78, 5) is 15.2. The lowest BCUT2D eigenvalue weighted by Gasteiger charge is -2.12. The van der Waals surface area contributed by atoms with Crippen molar-refractivity contribution in [3.63, 3.8) is 0 Å². The molecule has 1 fully saturated rings. The van der Waals surface area contributed by atoms with Crippen molar-refractivity contribution in [2.45, 2.75) is 13.5 Å². The molecular weight excluding hydrogens is 514 g/mol. The lowest BCUT2D eigenvalue weighted by molar-refractivity contribution is -0.122. The van der Waals surface area contributed by atoms with Crippen LogP contribution >= 0.6 is 24.0 Å². The topological polar surface area (TPSA) is 56.6 Å². The molecule has 192 valence electrons. The Balaban J connectivity index is 1.43. The predicted octanol–water partition coefficient (Wildman–Crippen LogP) is 6.27. The summed E-state index contributed by atoms with van der Waals surface area (Å²) >= 11 is 6.75. The normalized spacial score (nSPS) is 14.5. The van der Waals surface area contributed by atoms with Crippen LogP contribution < -0.4 is 4.74 Å². The zero-order valence-electron chi connectivity index (χ0n) is 21.2. The highest BCUT2D eigenvalue weighted by molar-refractivity contribution is 8.26. The first kappa shape index (κ1) is 25.9. The molecule has 1 amide bonds. The average molecular weight is 542 g/mol. The molecule has 0 saturated carbocycles. The van der Waals surface area contributed by atoms with Gasteiger partial charge in [-0.3, -0.25) is 9.69 Å². The molecule has 2 heterocycles. The standard InChI is InChI=1S/C30H27N3O3S2/c1-21-8-10-22(11-9-21)20-36-26-14-12-23(13-15-26)28-24(19-33(31-28)25-6-4-3-5-7-25)18-27-29(34)32(16-17-35-2)30(37)38-27/h3-15,18-19H,16-17,20H2,1-2H3/b27-18-. The van der Waals surface area contributed by atoms with Crippen LogP contribution in [0, 0.1) is 6.92 Å². The molecule has 1 saturated heterocycles. The minimum atomic E-state index is -0.115. The van der Waals surface area contributed by atoms with Gasteiger partial charge in [-0.15, -0.1) is 0 Å². The molecule has 0 bridgehead atoms. The fourth-order valence-corrected chi connectivity index (χ4v) is 5.31. The number of hydrogen-bond donors (Lipinski definition) is 0. The van der Waals surface area contributed by atoms with Gasteiger partial charge in [0.25, 0.3) is 5.91 Å². The third kappa shape index (κ3) is 5.88. The highest BCUT2D eigenvalue weighted by Gasteiger charge is 2.32. The van der Waals surface area contributed by atoms with Gasteiger partial charge in [0.05, 0.1) is 29.4 Å². The summed E-state index contributed by atoms with van der Waals surface area (Å²) in [5.41, 5.74) is 5.78. The molecule has 0 unspecified atom stereocenters. The van der Waals surface area contributed by atoms with Crippen LogP contribution in [0.4, 0.5) is 0 Å². The third-order valence-electron chi connectivity index (χ3n) is 6.10. The van der Waals surface area contributed by atoms with E-state index in [0.717, 1.165) is 33.8 Å². The van der Waals surface area contributed by atoms with Crippen LogP contribution in [0.5, 0.6) is 5.75 Å². The predicted molar refractivity (Wildman–Crippen MR) is 156 cm³/mol. The van der Waals surface area contributed by atoms with Crippen LogP contribution in [0.2, 0.25) is 0 Å². The zero-order valence-corrected chi connectivity index (χ0v) is 22.8. The van der Waals surface area contributed by atoms with E-state index in [0.29, 0.717) is 29.0 Å². The summed E-state index contributed by atoms with van der Waals surface area (Å²) in [5, 5.41) is 4.88. The van der Waals surface area contributed by atoms with Gasteiger partial charge in [-0.1, -0.05) is 72.0 Å². The summed E-state index contributed by atoms with van der Waals surface area (Å²) in [5.74, 6) is 0.660. The molecule has 1 aromatic heterocycles. The first-order valence-electron chi connectivity index (χ1n) is 12.2. The molecule has 0 aliphatic carbocycles. The number of aromatic nitrogens is 2. The Morgan fingerprint density at radius 3 is 2.45 bits per heavy atom. The molecule has 6 nitrogen and oxygen atoms in total. The van der Waals surface area contributed by atoms with Crippen molar-refractivity contribution in [2.24, 2.45) is 0 Å². The Morgan fingerprint density at radius 2 is 1.74 bits per heavy atom. The molecule has 0 spiro atoms. The number of carbonyl (C=O) groups excluding carboxylic acids is 1. The number of aryl methyl sites for hydroxylation is 1. The molecule has 1 aliphatic rings. The van der Waals surface area contributed by atoms with Gasteiger partial charge in [0.15, 0.2) is 0 Å². The fraction of sp³-hybridized carbons (Fsp3) is 0.167. The van der Waals surface area contributed by atoms with Crippen molar-refractivity contribution in [1.29, 1.82) is 0 Å². The number of methoxy groups -OCH3 is 1. The van der Waals surface area contributed by atoms with E-state index >= 15 is 0 Å². The first-order chi connectivity index (χ1) is 18.5. The van der Waals surface area contributed by atoms with Crippen molar-refractivity contribution in [1.82, 2.24) is 14.7 Å². The minimum Gasteiger partial charge on any atom is -0.489 e. The molecule has 38 heavy (non-hydrogen) atoms. The molecule has 0 atom stereocenters. The van der Waals surface area contributed by atoms with Gasteiger partial charge in [-0.25, -0.2) is 4.68 Å². The van der Waals surface area contributed by atoms with Crippen LogP contribution in [0.15, 0.2) is 90.0 Å². The van der Waals surface area contributed by atoms with Crippen LogP contribution in [0.25, 0.3) is 23.0 Å². The molecule has 3 aromatic carbocycles. The second kappa shape index (κ2) is 11.8. The van der Waals surface area contributed by atoms with E-state index in [9.17, 15) is 4.79 Å². The Labute approximate surface area is 231 Å². The Morgan fingerprint density at radius 1 is 1.00 bits per heavy atom. The van der Waals surface area contributed by atoms with Crippen molar-refractivity contribution in [3.8, 4) is 22.7 Å². The van der Waals surface area contributed by atoms with Gasteiger partial charge in [0, 0.05) is 24.4 Å². The van der Waals surface area contributed by atoms with Crippen molar-refractivity contribution in [3.05, 3.63) is 107 Å². The zero-order chi connectivity index (χ0) is 26.5. The maximum absolute atomic E-state index is 13.1. The lowest BCUT2D eigenvalue weighted by Crippen LogP contribution is -2.31. The summed E-state index contributed by atoms with van der Waals surface area (Å²) < 4.78 is 13.5. The summed E-state index contributed by atoms with van der Waals surface area (Å²) in [6, 6.07) is 26.1. The van der Waals surface area contributed by atoms with E-state index in [1.165, 1.54) is 17.3 Å². The van der Waals surface area contributed by atoms with Gasteiger partial charge < -0.3 is 9.47 Å². The van der Waals surface area contributed by atoms with Crippen molar-refractivity contribution >= 4 is 40.3 Å². The molecule has 1 aliphatic heterocycles. The quantitative estimate of drug-likeness (QED) is 0.184. The average Bonchev–Trinajstić information content (AvgIpc) is 3.48. The smallest absolute Gasteiger partial charge is 0.266 e. The maximum atomic E-state index is 13.1. The molecular formula is C30H27N3O3S2. The van der Waals surface area contributed by atoms with Gasteiger partial charge in [-0.05, 0) is 55.0 Å². The van der Waals surface area contributed by atoms with Crippen LogP contribution in [0.3, 0.4) is 0 Å². The number of carbonyl (C=O) groups is 1. The second-order valence-corrected chi connectivity index (χ2v) is 10.5. The highest BCUT2D eigenvalue weighted by Crippen LogP contribution is 2.35. The molecule has 4 aromatic rings. The number of rotatable bonds is 9. The summed E-state index contributed by atoms with van der Waals surface area (Å²) in [6.07, 6.45) is 3.81. The van der Waals surface area contributed by atoms with Gasteiger partial charge in [0.1, 0.15) is 16.7 Å². The van der Waals surface area contributed by atoms with Gasteiger partial charge in [0.2, 0.25) is 0 Å². The number of para-hydroxylation sites is 1. The fourth-order valence-electron chi connectivity index (χ4n) is 4.01. The molecule has 8 heteroatoms. The van der Waals surface area contributed by atoms with Gasteiger partial charge in [-0.2, -0.15) is 5.10 Å². The van der Waals surface area contributed by atoms with E-state index < -0.39 is 0 Å². The SMILES string of the molecule is COCCN1C(=O)/C(=C/c2cn(-c3ccccc3)nc2-c2ccc(OCc3ccc(C)cc3)cc2)SC1=S. The van der Waals surface area contributed by atoms with Crippen LogP contribution in [-0.4, -0.2) is 45.2 Å². The van der Waals surface area contributed by atoms with Crippen LogP contribution in [-0.2, 0) is 16.1 Å². The minimum absolute atomic E-state index is 0.115. The number of benzene rings is 3. The van der Waals surface area contributed by atoms with Crippen molar-refractivity contribution in [2.75, 3.05) is 20.3 Å². The van der Waals surface area contributed by atoms with Crippen molar-refractivity contribution < 1.29 is 14.3 Å². The van der Waals surface area contributed by atoms with Crippen LogP contribution in [0.1, 0.15) is 16.7 Å². The number of thioether (sulfide) groups is 1. The highest BCUT2D eigenvalue weighted by atomic mass is 32.2. The van der Waals surface area contributed by atoms with E-state index in [4.69, 9.17) is 26.8 Å².